The van der Waals surface area contributed by atoms with Gasteiger partial charge < -0.3 is 5.32 Å². The first-order valence-electron chi connectivity index (χ1n) is 3.76. The fourth-order valence-corrected chi connectivity index (χ4v) is 2.45. The topological polar surface area (TPSA) is 46.2 Å². The molecule has 3 nitrogen and oxygen atoms in total. The molecule has 12 heavy (non-hydrogen) atoms. The molecule has 1 rings (SSSR count). The smallest absolute Gasteiger partial charge is 0.317 e. The lowest BCUT2D eigenvalue weighted by molar-refractivity contribution is 0.231. The molecule has 0 aliphatic carbocycles. The fraction of sp³-hybridized carbons (Fsp3) is 1.00. The van der Waals surface area contributed by atoms with E-state index in [4.69, 9.17) is 0 Å². The van der Waals surface area contributed by atoms with Crippen LogP contribution in [0.4, 0.5) is 8.78 Å². The van der Waals surface area contributed by atoms with E-state index in [1.165, 1.54) is 0 Å². The molecule has 1 fully saturated rings. The zero-order valence-electron chi connectivity index (χ0n) is 6.46. The minimum atomic E-state index is -4.17. The van der Waals surface area contributed by atoms with Crippen molar-refractivity contribution in [3.63, 3.8) is 0 Å². The Morgan fingerprint density at radius 3 is 2.17 bits per heavy atom. The first kappa shape index (κ1) is 9.85. The molecule has 0 aromatic heterocycles. The third-order valence-corrected chi connectivity index (χ3v) is 3.90. The maximum Gasteiger partial charge on any atom is 0.337 e. The zero-order valence-corrected chi connectivity index (χ0v) is 7.28. The Labute approximate surface area is 70.1 Å². The van der Waals surface area contributed by atoms with Crippen LogP contribution in [0.5, 0.6) is 0 Å². The second-order valence-electron chi connectivity index (χ2n) is 2.80. The second kappa shape index (κ2) is 3.66. The van der Waals surface area contributed by atoms with Crippen molar-refractivity contribution in [1.82, 2.24) is 5.32 Å². The van der Waals surface area contributed by atoms with E-state index in [-0.39, 0.29) is 0 Å². The SMILES string of the molecule is O=S(=O)(C(F)F)C1CCNCC1. The van der Waals surface area contributed by atoms with E-state index >= 15 is 0 Å². The molecule has 6 heteroatoms. The number of hydrogen-bond donors (Lipinski definition) is 1. The van der Waals surface area contributed by atoms with Crippen LogP contribution in [0.1, 0.15) is 12.8 Å². The van der Waals surface area contributed by atoms with Crippen LogP contribution >= 0.6 is 0 Å². The van der Waals surface area contributed by atoms with Crippen LogP contribution < -0.4 is 5.32 Å². The summed E-state index contributed by atoms with van der Waals surface area (Å²) in [5.74, 6) is -3.22. The molecule has 1 aliphatic rings. The molecule has 0 amide bonds. The van der Waals surface area contributed by atoms with Crippen LogP contribution in [0.3, 0.4) is 0 Å². The molecule has 0 aromatic carbocycles. The average Bonchev–Trinajstić information content (AvgIpc) is 2.06. The van der Waals surface area contributed by atoms with Gasteiger partial charge in [0.25, 0.3) is 0 Å². The fourth-order valence-electron chi connectivity index (χ4n) is 1.27. The van der Waals surface area contributed by atoms with Gasteiger partial charge in [0.05, 0.1) is 5.25 Å². The van der Waals surface area contributed by atoms with Gasteiger partial charge in [0.1, 0.15) is 0 Å². The normalized spacial score (nSPS) is 21.6. The Bertz CT molecular complexity index is 234. The highest BCUT2D eigenvalue weighted by atomic mass is 32.2. The minimum absolute atomic E-state index is 0.298. The molecular formula is C6H11F2NO2S. The van der Waals surface area contributed by atoms with E-state index in [2.05, 4.69) is 5.32 Å². The van der Waals surface area contributed by atoms with E-state index in [1.807, 2.05) is 0 Å². The van der Waals surface area contributed by atoms with Gasteiger partial charge in [-0.15, -0.1) is 0 Å². The summed E-state index contributed by atoms with van der Waals surface area (Å²) in [4.78, 5) is 0. The number of piperidine rings is 1. The third kappa shape index (κ3) is 1.92. The summed E-state index contributed by atoms with van der Waals surface area (Å²) in [6.45, 7) is 1.02. The Kier molecular flexibility index (Phi) is 3.00. The molecule has 0 spiro atoms. The van der Waals surface area contributed by atoms with E-state index in [0.29, 0.717) is 25.9 Å². The standard InChI is InChI=1S/C6H11F2NO2S/c7-6(8)12(10,11)5-1-3-9-4-2-5/h5-6,9H,1-4H2. The van der Waals surface area contributed by atoms with E-state index in [9.17, 15) is 17.2 Å². The first-order valence-corrected chi connectivity index (χ1v) is 5.37. The van der Waals surface area contributed by atoms with Gasteiger partial charge in [-0.1, -0.05) is 0 Å². The van der Waals surface area contributed by atoms with Crippen LogP contribution in [0.15, 0.2) is 0 Å². The second-order valence-corrected chi connectivity index (χ2v) is 5.00. The van der Waals surface area contributed by atoms with Gasteiger partial charge >= 0.3 is 5.76 Å². The predicted molar refractivity (Wildman–Crippen MR) is 40.8 cm³/mol. The summed E-state index contributed by atoms with van der Waals surface area (Å²) >= 11 is 0. The highest BCUT2D eigenvalue weighted by Gasteiger charge is 2.34. The van der Waals surface area contributed by atoms with Crippen molar-refractivity contribution >= 4 is 9.84 Å². The molecule has 72 valence electrons. The summed E-state index contributed by atoms with van der Waals surface area (Å²) < 4.78 is 45.8. The van der Waals surface area contributed by atoms with Gasteiger partial charge in [-0.3, -0.25) is 0 Å². The van der Waals surface area contributed by atoms with Crippen molar-refractivity contribution in [2.75, 3.05) is 13.1 Å². The van der Waals surface area contributed by atoms with Gasteiger partial charge in [-0.25, -0.2) is 8.42 Å². The maximum absolute atomic E-state index is 12.0. The van der Waals surface area contributed by atoms with Crippen LogP contribution in [0, 0.1) is 0 Å². The van der Waals surface area contributed by atoms with Crippen LogP contribution in [0.25, 0.3) is 0 Å². The summed E-state index contributed by atoms with van der Waals surface area (Å²) in [6.07, 6.45) is 0.597. The number of alkyl halides is 2. The first-order chi connectivity index (χ1) is 5.55. The Balaban J connectivity index is 2.67. The van der Waals surface area contributed by atoms with Crippen LogP contribution in [-0.2, 0) is 9.84 Å². The largest absolute Gasteiger partial charge is 0.337 e. The molecule has 0 bridgehead atoms. The predicted octanol–water partition coefficient (Wildman–Crippen LogP) is 0.376. The zero-order chi connectivity index (χ0) is 9.19. The van der Waals surface area contributed by atoms with E-state index < -0.39 is 20.8 Å². The summed E-state index contributed by atoms with van der Waals surface area (Å²) in [6, 6.07) is 0. The van der Waals surface area contributed by atoms with E-state index in [1.54, 1.807) is 0 Å². The highest BCUT2D eigenvalue weighted by Crippen LogP contribution is 2.19. The quantitative estimate of drug-likeness (QED) is 0.699. The van der Waals surface area contributed by atoms with Crippen molar-refractivity contribution in [3.8, 4) is 0 Å². The highest BCUT2D eigenvalue weighted by molar-refractivity contribution is 7.92. The van der Waals surface area contributed by atoms with E-state index in [0.717, 1.165) is 0 Å². The van der Waals surface area contributed by atoms with Crippen LogP contribution in [0.2, 0.25) is 0 Å². The van der Waals surface area contributed by atoms with Gasteiger partial charge in [0.15, 0.2) is 0 Å². The monoisotopic (exact) mass is 199 g/mol. The number of rotatable bonds is 2. The molecule has 0 unspecified atom stereocenters. The van der Waals surface area contributed by atoms with Crippen molar-refractivity contribution < 1.29 is 17.2 Å². The van der Waals surface area contributed by atoms with Crippen molar-refractivity contribution in [2.45, 2.75) is 23.8 Å². The molecule has 1 saturated heterocycles. The number of sulfone groups is 1. The summed E-state index contributed by atoms with van der Waals surface area (Å²) in [7, 11) is -4.17. The summed E-state index contributed by atoms with van der Waals surface area (Å²) in [5.41, 5.74) is 0. The lowest BCUT2D eigenvalue weighted by atomic mass is 10.2. The lowest BCUT2D eigenvalue weighted by Crippen LogP contribution is -2.38. The van der Waals surface area contributed by atoms with Crippen molar-refractivity contribution in [1.29, 1.82) is 0 Å². The van der Waals surface area contributed by atoms with Crippen LogP contribution in [-0.4, -0.2) is 32.5 Å². The molecule has 1 heterocycles. The molecule has 0 aromatic rings. The minimum Gasteiger partial charge on any atom is -0.317 e. The number of hydrogen-bond acceptors (Lipinski definition) is 3. The van der Waals surface area contributed by atoms with Gasteiger partial charge in [0.2, 0.25) is 9.84 Å². The van der Waals surface area contributed by atoms with Crippen molar-refractivity contribution in [3.05, 3.63) is 0 Å². The van der Waals surface area contributed by atoms with Crippen molar-refractivity contribution in [2.24, 2.45) is 0 Å². The Morgan fingerprint density at radius 2 is 1.75 bits per heavy atom. The molecular weight excluding hydrogens is 188 g/mol. The number of halogens is 2. The molecule has 0 atom stereocenters. The lowest BCUT2D eigenvalue weighted by Gasteiger charge is -2.21. The maximum atomic E-state index is 12.0. The molecule has 1 aliphatic heterocycles. The third-order valence-electron chi connectivity index (χ3n) is 2.00. The summed E-state index contributed by atoms with van der Waals surface area (Å²) in [5, 5.41) is 2.07. The molecule has 0 saturated carbocycles. The number of nitrogens with one attached hydrogen (secondary N) is 1. The average molecular weight is 199 g/mol. The van der Waals surface area contributed by atoms with Gasteiger partial charge in [-0.05, 0) is 25.9 Å². The Morgan fingerprint density at radius 1 is 1.25 bits per heavy atom. The Hall–Kier alpha value is -0.230. The van der Waals surface area contributed by atoms with Gasteiger partial charge in [-0.2, -0.15) is 8.78 Å². The van der Waals surface area contributed by atoms with Gasteiger partial charge in [0, 0.05) is 0 Å². The molecule has 0 radical (unpaired) electrons. The molecule has 1 N–H and O–H groups in total.